The van der Waals surface area contributed by atoms with Crippen LogP contribution in [0.2, 0.25) is 0 Å². The quantitative estimate of drug-likeness (QED) is 0.672. The number of benzene rings is 2. The molecule has 4 rings (SSSR count). The van der Waals surface area contributed by atoms with E-state index in [0.29, 0.717) is 5.82 Å². The topological polar surface area (TPSA) is 77.1 Å². The summed E-state index contributed by atoms with van der Waals surface area (Å²) in [5.41, 5.74) is 5.24. The number of aryl methyl sites for hydroxylation is 1. The zero-order valence-electron chi connectivity index (χ0n) is 17.0. The molecular weight excluding hydrogens is 364 g/mol. The second-order valence-corrected chi connectivity index (χ2v) is 7.77. The Balaban J connectivity index is 1.37. The standard InChI is InChI=1S/C22H26N6O/c1-16-6-5-7-20(17(16)2)23-21(29)15-28-25-22(24-26-28)19-10-8-18(9-11-19)14-27-12-3-4-13-27/h5-11H,3-4,12-15H2,1-2H3,(H,23,29)/p+1. The molecule has 29 heavy (non-hydrogen) atoms. The van der Waals surface area contributed by atoms with Crippen LogP contribution in [0.4, 0.5) is 5.69 Å². The number of nitrogens with one attached hydrogen (secondary N) is 2. The SMILES string of the molecule is Cc1cccc(NC(=O)Cn2nnc(-c3ccc(C[NH+]4CCCC4)cc3)n2)c1C. The molecule has 1 aliphatic rings. The van der Waals surface area contributed by atoms with Crippen molar-refractivity contribution in [2.75, 3.05) is 18.4 Å². The number of aromatic nitrogens is 4. The fourth-order valence-electron chi connectivity index (χ4n) is 3.74. The van der Waals surface area contributed by atoms with Gasteiger partial charge in [0.15, 0.2) is 0 Å². The van der Waals surface area contributed by atoms with Crippen molar-refractivity contribution >= 4 is 11.6 Å². The zero-order valence-corrected chi connectivity index (χ0v) is 17.0. The van der Waals surface area contributed by atoms with Crippen molar-refractivity contribution in [3.8, 4) is 11.4 Å². The number of carbonyl (C=O) groups excluding carboxylic acids is 1. The summed E-state index contributed by atoms with van der Waals surface area (Å²) in [5, 5.41) is 15.4. The van der Waals surface area contributed by atoms with Gasteiger partial charge in [0.2, 0.25) is 11.7 Å². The molecule has 3 aromatic rings. The lowest BCUT2D eigenvalue weighted by Gasteiger charge is -2.11. The Labute approximate surface area is 170 Å². The van der Waals surface area contributed by atoms with E-state index < -0.39 is 0 Å². The first-order valence-electron chi connectivity index (χ1n) is 10.2. The highest BCUT2D eigenvalue weighted by Gasteiger charge is 2.16. The van der Waals surface area contributed by atoms with Gasteiger partial charge < -0.3 is 10.2 Å². The van der Waals surface area contributed by atoms with Crippen LogP contribution in [0, 0.1) is 13.8 Å². The summed E-state index contributed by atoms with van der Waals surface area (Å²) in [7, 11) is 0. The van der Waals surface area contributed by atoms with Gasteiger partial charge >= 0.3 is 0 Å². The Hall–Kier alpha value is -3.06. The van der Waals surface area contributed by atoms with Gasteiger partial charge in [-0.25, -0.2) is 0 Å². The first kappa shape index (κ1) is 19.3. The van der Waals surface area contributed by atoms with Crippen molar-refractivity contribution < 1.29 is 9.69 Å². The number of hydrogen-bond acceptors (Lipinski definition) is 4. The molecule has 0 aliphatic carbocycles. The summed E-state index contributed by atoms with van der Waals surface area (Å²) in [5.74, 6) is 0.358. The minimum absolute atomic E-state index is 0.0246. The number of nitrogens with zero attached hydrogens (tertiary/aromatic N) is 4. The van der Waals surface area contributed by atoms with Crippen LogP contribution in [0.5, 0.6) is 0 Å². The molecule has 2 heterocycles. The normalized spacial score (nSPS) is 14.3. The molecule has 0 spiro atoms. The molecule has 1 fully saturated rings. The van der Waals surface area contributed by atoms with Crippen LogP contribution in [0.1, 0.15) is 29.5 Å². The van der Waals surface area contributed by atoms with Gasteiger partial charge in [-0.2, -0.15) is 4.80 Å². The number of carbonyl (C=O) groups is 1. The van der Waals surface area contributed by atoms with Gasteiger partial charge in [0.1, 0.15) is 13.1 Å². The Morgan fingerprint density at radius 3 is 2.62 bits per heavy atom. The number of likely N-dealkylation sites (tertiary alicyclic amines) is 1. The summed E-state index contributed by atoms with van der Waals surface area (Å²) < 4.78 is 0. The molecule has 0 saturated carbocycles. The van der Waals surface area contributed by atoms with Crippen molar-refractivity contribution in [1.29, 1.82) is 0 Å². The maximum absolute atomic E-state index is 12.4. The van der Waals surface area contributed by atoms with E-state index in [4.69, 9.17) is 0 Å². The first-order valence-corrected chi connectivity index (χ1v) is 10.2. The largest absolute Gasteiger partial charge is 0.331 e. The number of quaternary nitrogens is 1. The highest BCUT2D eigenvalue weighted by Crippen LogP contribution is 2.18. The molecular formula is C22H27N6O+. The predicted molar refractivity (Wildman–Crippen MR) is 111 cm³/mol. The molecule has 7 nitrogen and oxygen atoms in total. The molecule has 1 aliphatic heterocycles. The Bertz CT molecular complexity index is 989. The fraction of sp³-hybridized carbons (Fsp3) is 0.364. The van der Waals surface area contributed by atoms with Crippen molar-refractivity contribution in [2.45, 2.75) is 39.8 Å². The lowest BCUT2D eigenvalue weighted by Crippen LogP contribution is -3.08. The lowest BCUT2D eigenvalue weighted by molar-refractivity contribution is -0.901. The summed E-state index contributed by atoms with van der Waals surface area (Å²) in [6.07, 6.45) is 2.66. The van der Waals surface area contributed by atoms with E-state index in [1.807, 2.05) is 44.2 Å². The van der Waals surface area contributed by atoms with Gasteiger partial charge in [-0.1, -0.05) is 36.4 Å². The summed E-state index contributed by atoms with van der Waals surface area (Å²) in [6, 6.07) is 14.2. The molecule has 1 saturated heterocycles. The molecule has 2 N–H and O–H groups in total. The highest BCUT2D eigenvalue weighted by atomic mass is 16.2. The van der Waals surface area contributed by atoms with Crippen LogP contribution < -0.4 is 10.2 Å². The minimum atomic E-state index is -0.174. The second kappa shape index (κ2) is 8.53. The van der Waals surface area contributed by atoms with E-state index in [1.165, 1.54) is 36.3 Å². The maximum atomic E-state index is 12.4. The number of anilines is 1. The van der Waals surface area contributed by atoms with Crippen molar-refractivity contribution in [3.05, 3.63) is 59.2 Å². The van der Waals surface area contributed by atoms with Gasteiger partial charge in [0, 0.05) is 29.7 Å². The molecule has 1 amide bonds. The first-order chi connectivity index (χ1) is 14.1. The van der Waals surface area contributed by atoms with Gasteiger partial charge in [0.05, 0.1) is 13.1 Å². The summed E-state index contributed by atoms with van der Waals surface area (Å²) >= 11 is 0. The molecule has 0 radical (unpaired) electrons. The van der Waals surface area contributed by atoms with Crippen LogP contribution in [0.25, 0.3) is 11.4 Å². The monoisotopic (exact) mass is 391 g/mol. The Morgan fingerprint density at radius 2 is 1.86 bits per heavy atom. The van der Waals surface area contributed by atoms with Gasteiger partial charge in [-0.05, 0) is 36.3 Å². The molecule has 7 heteroatoms. The average molecular weight is 391 g/mol. The van der Waals surface area contributed by atoms with E-state index in [9.17, 15) is 4.79 Å². The third kappa shape index (κ3) is 4.68. The predicted octanol–water partition coefficient (Wildman–Crippen LogP) is 1.77. The Kier molecular flexibility index (Phi) is 5.67. The van der Waals surface area contributed by atoms with Crippen molar-refractivity contribution in [1.82, 2.24) is 20.2 Å². The molecule has 0 bridgehead atoms. The third-order valence-corrected chi connectivity index (χ3v) is 5.59. The summed E-state index contributed by atoms with van der Waals surface area (Å²) in [4.78, 5) is 15.3. The van der Waals surface area contributed by atoms with Crippen LogP contribution in [-0.4, -0.2) is 39.2 Å². The molecule has 2 aromatic carbocycles. The van der Waals surface area contributed by atoms with Crippen LogP contribution in [0.15, 0.2) is 42.5 Å². The van der Waals surface area contributed by atoms with E-state index in [1.54, 1.807) is 4.90 Å². The zero-order chi connectivity index (χ0) is 20.2. The van der Waals surface area contributed by atoms with Crippen LogP contribution in [0.3, 0.4) is 0 Å². The number of amides is 1. The lowest BCUT2D eigenvalue weighted by atomic mass is 10.1. The second-order valence-electron chi connectivity index (χ2n) is 7.77. The minimum Gasteiger partial charge on any atom is -0.331 e. The van der Waals surface area contributed by atoms with Crippen molar-refractivity contribution in [3.63, 3.8) is 0 Å². The smallest absolute Gasteiger partial charge is 0.248 e. The molecule has 0 atom stereocenters. The number of hydrogen-bond donors (Lipinski definition) is 2. The van der Waals surface area contributed by atoms with Gasteiger partial charge in [-0.3, -0.25) is 4.79 Å². The third-order valence-electron chi connectivity index (χ3n) is 5.59. The van der Waals surface area contributed by atoms with E-state index >= 15 is 0 Å². The van der Waals surface area contributed by atoms with Crippen molar-refractivity contribution in [2.24, 2.45) is 0 Å². The number of tetrazole rings is 1. The summed E-state index contributed by atoms with van der Waals surface area (Å²) in [6.45, 7) is 7.64. The van der Waals surface area contributed by atoms with E-state index in [-0.39, 0.29) is 12.5 Å². The molecule has 150 valence electrons. The molecule has 1 aromatic heterocycles. The highest BCUT2D eigenvalue weighted by molar-refractivity contribution is 5.91. The van der Waals surface area contributed by atoms with Crippen LogP contribution in [-0.2, 0) is 17.9 Å². The van der Waals surface area contributed by atoms with E-state index in [0.717, 1.165) is 28.9 Å². The number of rotatable bonds is 6. The molecule has 0 unspecified atom stereocenters. The van der Waals surface area contributed by atoms with Gasteiger partial charge in [0.25, 0.3) is 0 Å². The maximum Gasteiger partial charge on any atom is 0.248 e. The van der Waals surface area contributed by atoms with Crippen LogP contribution >= 0.6 is 0 Å². The van der Waals surface area contributed by atoms with Gasteiger partial charge in [-0.15, -0.1) is 10.2 Å². The van der Waals surface area contributed by atoms with E-state index in [2.05, 4.69) is 32.9 Å². The average Bonchev–Trinajstić information content (AvgIpc) is 3.38. The Morgan fingerprint density at radius 1 is 1.10 bits per heavy atom. The fourth-order valence-corrected chi connectivity index (χ4v) is 3.74.